The molecule has 0 atom stereocenters. The van der Waals surface area contributed by atoms with Crippen LogP contribution < -0.4 is 15.8 Å². The first-order chi connectivity index (χ1) is 17.9. The fourth-order valence-corrected chi connectivity index (χ4v) is 4.21. The standard InChI is InChI=1S/C27H22Cl2N6O2/c1-37-18-9-6-16(7-10-18)12-13-31-27(36)23-24-26(34-22-5-3-2-4-21(22)33-24)35(25(23)30)32-15-17-8-11-19(28)20(29)14-17/h2-11,14-15H,12-13,30H2,1H3,(H,31,36)/b32-15+. The highest BCUT2D eigenvalue weighted by Gasteiger charge is 2.24. The normalized spacial score (nSPS) is 11.4. The highest BCUT2D eigenvalue weighted by Crippen LogP contribution is 2.28. The molecule has 0 bridgehead atoms. The average Bonchev–Trinajstić information content (AvgIpc) is 3.18. The lowest BCUT2D eigenvalue weighted by atomic mass is 10.1. The van der Waals surface area contributed by atoms with Gasteiger partial charge < -0.3 is 15.8 Å². The topological polar surface area (TPSA) is 107 Å². The molecule has 0 unspecified atom stereocenters. The molecular weight excluding hydrogens is 511 g/mol. The summed E-state index contributed by atoms with van der Waals surface area (Å²) in [6, 6.07) is 20.2. The zero-order valence-electron chi connectivity index (χ0n) is 19.8. The second-order valence-corrected chi connectivity index (χ2v) is 9.04. The van der Waals surface area contributed by atoms with E-state index in [1.54, 1.807) is 31.5 Å². The Hall–Kier alpha value is -4.14. The Morgan fingerprint density at radius 1 is 1.05 bits per heavy atom. The van der Waals surface area contributed by atoms with Gasteiger partial charge in [0.1, 0.15) is 22.6 Å². The van der Waals surface area contributed by atoms with Gasteiger partial charge >= 0.3 is 0 Å². The number of nitrogens with two attached hydrogens (primary N) is 1. The van der Waals surface area contributed by atoms with Crippen LogP contribution in [0.25, 0.3) is 22.2 Å². The minimum atomic E-state index is -0.357. The lowest BCUT2D eigenvalue weighted by Crippen LogP contribution is -2.26. The summed E-state index contributed by atoms with van der Waals surface area (Å²) in [7, 11) is 1.62. The number of ether oxygens (including phenoxy) is 1. The molecule has 0 spiro atoms. The summed E-state index contributed by atoms with van der Waals surface area (Å²) < 4.78 is 6.61. The summed E-state index contributed by atoms with van der Waals surface area (Å²) in [5.41, 5.74) is 10.5. The number of para-hydroxylation sites is 2. The van der Waals surface area contributed by atoms with Gasteiger partial charge in [-0.05, 0) is 53.9 Å². The monoisotopic (exact) mass is 532 g/mol. The number of methoxy groups -OCH3 is 1. The summed E-state index contributed by atoms with van der Waals surface area (Å²) in [4.78, 5) is 22.7. The highest BCUT2D eigenvalue weighted by atomic mass is 35.5. The smallest absolute Gasteiger partial charge is 0.257 e. The van der Waals surface area contributed by atoms with Crippen LogP contribution in [0, 0.1) is 0 Å². The molecule has 3 aromatic carbocycles. The molecule has 10 heteroatoms. The summed E-state index contributed by atoms with van der Waals surface area (Å²) in [5, 5.41) is 8.28. The Bertz CT molecular complexity index is 1650. The van der Waals surface area contributed by atoms with Gasteiger partial charge in [0.15, 0.2) is 5.65 Å². The molecule has 0 radical (unpaired) electrons. The maximum atomic E-state index is 13.3. The number of amides is 1. The lowest BCUT2D eigenvalue weighted by Gasteiger charge is -2.06. The molecule has 5 rings (SSSR count). The van der Waals surface area contributed by atoms with E-state index in [0.29, 0.717) is 50.8 Å². The van der Waals surface area contributed by atoms with Crippen molar-refractivity contribution in [2.75, 3.05) is 19.4 Å². The Labute approximate surface area is 222 Å². The van der Waals surface area contributed by atoms with Crippen molar-refractivity contribution in [2.45, 2.75) is 6.42 Å². The van der Waals surface area contributed by atoms with Crippen LogP contribution in [0.4, 0.5) is 5.82 Å². The Morgan fingerprint density at radius 3 is 2.49 bits per heavy atom. The third-order valence-electron chi connectivity index (χ3n) is 5.83. The van der Waals surface area contributed by atoms with Crippen molar-refractivity contribution < 1.29 is 9.53 Å². The number of nitrogen functional groups attached to an aromatic ring is 1. The van der Waals surface area contributed by atoms with Crippen LogP contribution >= 0.6 is 23.2 Å². The van der Waals surface area contributed by atoms with Crippen LogP contribution in [0.15, 0.2) is 71.8 Å². The Kier molecular flexibility index (Phi) is 6.94. The molecule has 2 aromatic heterocycles. The number of nitrogens with zero attached hydrogens (tertiary/aromatic N) is 4. The maximum absolute atomic E-state index is 13.3. The van der Waals surface area contributed by atoms with E-state index in [-0.39, 0.29) is 17.3 Å². The second-order valence-electron chi connectivity index (χ2n) is 8.23. The van der Waals surface area contributed by atoms with Crippen molar-refractivity contribution in [3.05, 3.63) is 93.5 Å². The first kappa shape index (κ1) is 24.5. The van der Waals surface area contributed by atoms with E-state index in [0.717, 1.165) is 11.3 Å². The molecule has 8 nitrogen and oxygen atoms in total. The number of hydrogen-bond acceptors (Lipinski definition) is 6. The number of hydrogen-bond donors (Lipinski definition) is 2. The number of rotatable bonds is 7. The SMILES string of the molecule is COc1ccc(CCNC(=O)c2c(N)n(/N=C/c3ccc(Cl)c(Cl)c3)c3nc4ccccc4nc23)cc1. The third kappa shape index (κ3) is 5.07. The highest BCUT2D eigenvalue weighted by molar-refractivity contribution is 6.42. The third-order valence-corrected chi connectivity index (χ3v) is 6.56. The van der Waals surface area contributed by atoms with Crippen LogP contribution in [0.3, 0.4) is 0 Å². The largest absolute Gasteiger partial charge is 0.497 e. The van der Waals surface area contributed by atoms with Crippen molar-refractivity contribution in [1.29, 1.82) is 0 Å². The molecule has 5 aromatic rings. The quantitative estimate of drug-likeness (QED) is 0.275. The van der Waals surface area contributed by atoms with Gasteiger partial charge in [-0.25, -0.2) is 9.97 Å². The molecule has 0 aliphatic rings. The van der Waals surface area contributed by atoms with Gasteiger partial charge in [0.2, 0.25) is 0 Å². The van der Waals surface area contributed by atoms with Gasteiger partial charge in [0, 0.05) is 6.54 Å². The van der Waals surface area contributed by atoms with E-state index in [9.17, 15) is 4.79 Å². The van der Waals surface area contributed by atoms with Crippen LogP contribution in [0.1, 0.15) is 21.5 Å². The van der Waals surface area contributed by atoms with Crippen molar-refractivity contribution in [3.63, 3.8) is 0 Å². The second kappa shape index (κ2) is 10.5. The number of halogens is 2. The predicted octanol–water partition coefficient (Wildman–Crippen LogP) is 5.34. The number of benzene rings is 3. The fourth-order valence-electron chi connectivity index (χ4n) is 3.91. The van der Waals surface area contributed by atoms with E-state index in [4.69, 9.17) is 43.6 Å². The molecular formula is C27H22Cl2N6O2. The number of aromatic nitrogens is 3. The van der Waals surface area contributed by atoms with Crippen LogP contribution in [0.5, 0.6) is 5.75 Å². The molecule has 0 aliphatic carbocycles. The predicted molar refractivity (Wildman–Crippen MR) is 148 cm³/mol. The minimum Gasteiger partial charge on any atom is -0.497 e. The van der Waals surface area contributed by atoms with Crippen molar-refractivity contribution in [1.82, 2.24) is 20.0 Å². The number of carbonyl (C=O) groups is 1. The van der Waals surface area contributed by atoms with Gasteiger partial charge in [-0.3, -0.25) is 4.79 Å². The summed E-state index contributed by atoms with van der Waals surface area (Å²) >= 11 is 12.2. The molecule has 37 heavy (non-hydrogen) atoms. The molecule has 3 N–H and O–H groups in total. The molecule has 186 valence electrons. The maximum Gasteiger partial charge on any atom is 0.257 e. The van der Waals surface area contributed by atoms with Gasteiger partial charge in [0.05, 0.1) is 34.4 Å². The average molecular weight is 533 g/mol. The van der Waals surface area contributed by atoms with E-state index < -0.39 is 0 Å². The van der Waals surface area contributed by atoms with Crippen LogP contribution in [0.2, 0.25) is 10.0 Å². The van der Waals surface area contributed by atoms with Gasteiger partial charge in [-0.1, -0.05) is 53.5 Å². The van der Waals surface area contributed by atoms with Crippen molar-refractivity contribution in [3.8, 4) is 5.75 Å². The fraction of sp³-hybridized carbons (Fsp3) is 0.111. The van der Waals surface area contributed by atoms with E-state index in [1.165, 1.54) is 4.68 Å². The van der Waals surface area contributed by atoms with Crippen LogP contribution in [-0.4, -0.2) is 40.4 Å². The Balaban J connectivity index is 1.49. The van der Waals surface area contributed by atoms with Crippen molar-refractivity contribution in [2.24, 2.45) is 5.10 Å². The molecule has 0 fully saturated rings. The number of anilines is 1. The van der Waals surface area contributed by atoms with Gasteiger partial charge in [-0.2, -0.15) is 9.78 Å². The lowest BCUT2D eigenvalue weighted by molar-refractivity contribution is 0.0956. The first-order valence-corrected chi connectivity index (χ1v) is 12.2. The molecule has 0 saturated heterocycles. The van der Waals surface area contributed by atoms with E-state index >= 15 is 0 Å². The van der Waals surface area contributed by atoms with Gasteiger partial charge in [-0.15, -0.1) is 0 Å². The number of fused-ring (bicyclic) bond motifs is 2. The summed E-state index contributed by atoms with van der Waals surface area (Å²) in [6.07, 6.45) is 2.21. The zero-order valence-corrected chi connectivity index (χ0v) is 21.3. The van der Waals surface area contributed by atoms with Crippen LogP contribution in [-0.2, 0) is 6.42 Å². The number of nitrogens with one attached hydrogen (secondary N) is 1. The molecule has 1 amide bonds. The van der Waals surface area contributed by atoms with E-state index in [2.05, 4.69) is 10.4 Å². The molecule has 0 aliphatic heterocycles. The molecule has 2 heterocycles. The van der Waals surface area contributed by atoms with Gasteiger partial charge in [0.25, 0.3) is 5.91 Å². The minimum absolute atomic E-state index is 0.128. The summed E-state index contributed by atoms with van der Waals surface area (Å²) in [6.45, 7) is 0.408. The zero-order chi connectivity index (χ0) is 25.9. The van der Waals surface area contributed by atoms with Crippen molar-refractivity contribution >= 4 is 63.3 Å². The number of carbonyl (C=O) groups excluding carboxylic acids is 1. The molecule has 0 saturated carbocycles. The van der Waals surface area contributed by atoms with E-state index in [1.807, 2.05) is 48.5 Å². The Morgan fingerprint density at radius 2 is 1.78 bits per heavy atom. The first-order valence-electron chi connectivity index (χ1n) is 11.4. The summed E-state index contributed by atoms with van der Waals surface area (Å²) in [5.74, 6) is 0.549.